The Balaban J connectivity index is 1.84. The van der Waals surface area contributed by atoms with Crippen molar-refractivity contribution in [1.82, 2.24) is 5.32 Å². The van der Waals surface area contributed by atoms with Gasteiger partial charge in [-0.3, -0.25) is 0 Å². The molecular weight excluding hydrogens is 220 g/mol. The van der Waals surface area contributed by atoms with Gasteiger partial charge in [0.25, 0.3) is 0 Å². The van der Waals surface area contributed by atoms with E-state index < -0.39 is 0 Å². The maximum Gasteiger partial charge on any atom is 0.0451 e. The highest BCUT2D eigenvalue weighted by Crippen LogP contribution is 2.50. The van der Waals surface area contributed by atoms with Crippen molar-refractivity contribution < 1.29 is 0 Å². The lowest BCUT2D eigenvalue weighted by atomic mass is 9.77. The van der Waals surface area contributed by atoms with Gasteiger partial charge in [-0.15, -0.1) is 0 Å². The summed E-state index contributed by atoms with van der Waals surface area (Å²) in [6.45, 7) is 5.80. The molecule has 4 rings (SSSR count). The zero-order chi connectivity index (χ0) is 12.1. The van der Waals surface area contributed by atoms with Crippen molar-refractivity contribution in [3.63, 3.8) is 0 Å². The summed E-state index contributed by atoms with van der Waals surface area (Å²) >= 11 is 0. The molecule has 1 aromatic rings. The number of nitrogens with zero attached hydrogens (tertiary/aromatic N) is 1. The summed E-state index contributed by atoms with van der Waals surface area (Å²) in [4.78, 5) is 2.72. The van der Waals surface area contributed by atoms with Gasteiger partial charge in [0, 0.05) is 37.3 Å². The number of hydrogen-bond donors (Lipinski definition) is 1. The first-order valence-electron chi connectivity index (χ1n) is 7.44. The van der Waals surface area contributed by atoms with E-state index in [0.29, 0.717) is 0 Å². The first-order valence-corrected chi connectivity index (χ1v) is 7.44. The minimum absolute atomic E-state index is 0.789. The molecule has 1 N–H and O–H groups in total. The van der Waals surface area contributed by atoms with Crippen LogP contribution in [0.4, 0.5) is 5.69 Å². The fraction of sp³-hybridized carbons (Fsp3) is 0.625. The molecule has 2 heterocycles. The molecule has 1 aromatic carbocycles. The minimum atomic E-state index is 0.789. The number of para-hydroxylation sites is 1. The summed E-state index contributed by atoms with van der Waals surface area (Å²) in [7, 11) is 0. The highest BCUT2D eigenvalue weighted by molar-refractivity contribution is 5.67. The van der Waals surface area contributed by atoms with E-state index >= 15 is 0 Å². The number of anilines is 1. The highest BCUT2D eigenvalue weighted by Gasteiger charge is 2.42. The molecule has 3 aliphatic rings. The third kappa shape index (κ3) is 1.45. The van der Waals surface area contributed by atoms with E-state index in [0.717, 1.165) is 31.0 Å². The van der Waals surface area contributed by atoms with Crippen molar-refractivity contribution in [2.24, 2.45) is 5.92 Å². The Morgan fingerprint density at radius 1 is 1.28 bits per heavy atom. The van der Waals surface area contributed by atoms with Crippen LogP contribution in [0.5, 0.6) is 0 Å². The molecule has 0 saturated heterocycles. The summed E-state index contributed by atoms with van der Waals surface area (Å²) in [6, 6.07) is 7.75. The minimum Gasteiger partial charge on any atom is -0.366 e. The SMILES string of the molecule is CC1CC[C@@H]2[C@H](C1)c1cccc3c1N2CCNC3. The fourth-order valence-electron chi connectivity index (χ4n) is 4.34. The lowest BCUT2D eigenvalue weighted by Crippen LogP contribution is -2.39. The molecule has 2 heteroatoms. The quantitative estimate of drug-likeness (QED) is 0.752. The predicted molar refractivity (Wildman–Crippen MR) is 75.0 cm³/mol. The monoisotopic (exact) mass is 242 g/mol. The lowest BCUT2D eigenvalue weighted by Gasteiger charge is -2.35. The molecule has 0 aromatic heterocycles. The number of hydrogen-bond acceptors (Lipinski definition) is 2. The van der Waals surface area contributed by atoms with E-state index in [2.05, 4.69) is 35.3 Å². The molecule has 1 fully saturated rings. The van der Waals surface area contributed by atoms with Gasteiger partial charge in [-0.25, -0.2) is 0 Å². The molecule has 1 aliphatic carbocycles. The number of rotatable bonds is 0. The van der Waals surface area contributed by atoms with Crippen LogP contribution in [0.3, 0.4) is 0 Å². The van der Waals surface area contributed by atoms with Crippen LogP contribution in [-0.2, 0) is 6.54 Å². The first-order chi connectivity index (χ1) is 8.84. The average molecular weight is 242 g/mol. The molecular formula is C16H22N2. The van der Waals surface area contributed by atoms with Crippen molar-refractivity contribution in [1.29, 1.82) is 0 Å². The molecule has 18 heavy (non-hydrogen) atoms. The van der Waals surface area contributed by atoms with Crippen molar-refractivity contribution in [2.75, 3.05) is 18.0 Å². The molecule has 1 unspecified atom stereocenters. The van der Waals surface area contributed by atoms with Gasteiger partial charge in [0.15, 0.2) is 0 Å². The van der Waals surface area contributed by atoms with Gasteiger partial charge in [-0.2, -0.15) is 0 Å². The van der Waals surface area contributed by atoms with Gasteiger partial charge >= 0.3 is 0 Å². The molecule has 3 atom stereocenters. The zero-order valence-corrected chi connectivity index (χ0v) is 11.2. The number of benzene rings is 1. The molecule has 2 aliphatic heterocycles. The molecule has 0 bridgehead atoms. The van der Waals surface area contributed by atoms with E-state index in [1.165, 1.54) is 31.4 Å². The Morgan fingerprint density at radius 3 is 3.17 bits per heavy atom. The van der Waals surface area contributed by atoms with Crippen LogP contribution in [0.15, 0.2) is 18.2 Å². The Hall–Kier alpha value is -1.02. The Morgan fingerprint density at radius 2 is 2.22 bits per heavy atom. The van der Waals surface area contributed by atoms with Gasteiger partial charge in [-0.05, 0) is 36.3 Å². The Labute approximate surface area is 109 Å². The van der Waals surface area contributed by atoms with Crippen LogP contribution in [-0.4, -0.2) is 19.1 Å². The molecule has 0 spiro atoms. The maximum absolute atomic E-state index is 3.56. The summed E-state index contributed by atoms with van der Waals surface area (Å²) < 4.78 is 0. The maximum atomic E-state index is 3.56. The topological polar surface area (TPSA) is 15.3 Å². The van der Waals surface area contributed by atoms with E-state index in [-0.39, 0.29) is 0 Å². The van der Waals surface area contributed by atoms with Gasteiger partial charge in [0.2, 0.25) is 0 Å². The van der Waals surface area contributed by atoms with Gasteiger partial charge in [0.05, 0.1) is 0 Å². The Kier molecular flexibility index (Phi) is 2.41. The van der Waals surface area contributed by atoms with Crippen LogP contribution >= 0.6 is 0 Å². The van der Waals surface area contributed by atoms with Gasteiger partial charge in [-0.1, -0.05) is 25.1 Å². The van der Waals surface area contributed by atoms with Crippen molar-refractivity contribution >= 4 is 5.69 Å². The second kappa shape index (κ2) is 3.99. The Bertz CT molecular complexity index is 468. The molecule has 0 radical (unpaired) electrons. The summed E-state index contributed by atoms with van der Waals surface area (Å²) in [5, 5.41) is 3.56. The molecule has 96 valence electrons. The molecule has 1 saturated carbocycles. The van der Waals surface area contributed by atoms with Crippen LogP contribution < -0.4 is 10.2 Å². The largest absolute Gasteiger partial charge is 0.366 e. The van der Waals surface area contributed by atoms with E-state index in [4.69, 9.17) is 0 Å². The zero-order valence-electron chi connectivity index (χ0n) is 11.2. The van der Waals surface area contributed by atoms with Crippen LogP contribution in [0, 0.1) is 5.92 Å². The van der Waals surface area contributed by atoms with Crippen molar-refractivity contribution in [3.8, 4) is 0 Å². The summed E-state index contributed by atoms with van der Waals surface area (Å²) in [6.07, 6.45) is 4.19. The third-order valence-corrected chi connectivity index (χ3v) is 5.16. The highest BCUT2D eigenvalue weighted by atomic mass is 15.2. The summed E-state index contributed by atoms with van der Waals surface area (Å²) in [5.41, 5.74) is 4.76. The first kappa shape index (κ1) is 10.9. The van der Waals surface area contributed by atoms with Crippen molar-refractivity contribution in [3.05, 3.63) is 29.3 Å². The van der Waals surface area contributed by atoms with Gasteiger partial charge in [0.1, 0.15) is 0 Å². The van der Waals surface area contributed by atoms with Crippen molar-refractivity contribution in [2.45, 2.75) is 44.7 Å². The molecule has 2 nitrogen and oxygen atoms in total. The third-order valence-electron chi connectivity index (χ3n) is 5.16. The average Bonchev–Trinajstić information content (AvgIpc) is 2.56. The smallest absolute Gasteiger partial charge is 0.0451 e. The normalized spacial score (nSPS) is 33.8. The van der Waals surface area contributed by atoms with Crippen LogP contribution in [0.2, 0.25) is 0 Å². The van der Waals surface area contributed by atoms with E-state index in [9.17, 15) is 0 Å². The lowest BCUT2D eigenvalue weighted by molar-refractivity contribution is 0.309. The van der Waals surface area contributed by atoms with Crippen LogP contribution in [0.25, 0.3) is 0 Å². The predicted octanol–water partition coefficient (Wildman–Crippen LogP) is 2.88. The van der Waals surface area contributed by atoms with Gasteiger partial charge < -0.3 is 10.2 Å². The second-order valence-electron chi connectivity index (χ2n) is 6.32. The second-order valence-corrected chi connectivity index (χ2v) is 6.32. The molecule has 0 amide bonds. The van der Waals surface area contributed by atoms with E-state index in [1.54, 1.807) is 11.3 Å². The van der Waals surface area contributed by atoms with Crippen LogP contribution in [0.1, 0.15) is 43.2 Å². The fourth-order valence-corrected chi connectivity index (χ4v) is 4.34. The number of nitrogens with one attached hydrogen (secondary N) is 1. The van der Waals surface area contributed by atoms with E-state index in [1.807, 2.05) is 0 Å². The summed E-state index contributed by atoms with van der Waals surface area (Å²) in [5.74, 6) is 1.71. The standard InChI is InChI=1S/C16H22N2/c1-11-5-6-15-14(9-11)13-4-2-3-12-10-17-7-8-18(15)16(12)13/h2-4,11,14-15,17H,5-10H2,1H3/t11?,14-,15-/m1/s1. The number of fused-ring (bicyclic) bond motifs is 3.